The summed E-state index contributed by atoms with van der Waals surface area (Å²) in [5.74, 6) is 1.82. The molecule has 5 heteroatoms. The van der Waals surface area contributed by atoms with Gasteiger partial charge in [0.1, 0.15) is 5.82 Å². The largest absolute Gasteiger partial charge is 0.370 e. The Bertz CT molecular complexity index is 594. The molecule has 0 radical (unpaired) electrons. The lowest BCUT2D eigenvalue weighted by Gasteiger charge is -2.10. The normalized spacial score (nSPS) is 13.6. The van der Waals surface area contributed by atoms with Crippen molar-refractivity contribution in [1.29, 1.82) is 0 Å². The smallest absolute Gasteiger partial charge is 0.171 e. The van der Waals surface area contributed by atoms with E-state index in [4.69, 9.17) is 21.6 Å². The number of halogens is 1. The van der Waals surface area contributed by atoms with Crippen LogP contribution in [0.2, 0.25) is 4.34 Å². The Morgan fingerprint density at radius 3 is 2.95 bits per heavy atom. The predicted octanol–water partition coefficient (Wildman–Crippen LogP) is 4.17. The zero-order valence-electron chi connectivity index (χ0n) is 10.9. The lowest BCUT2D eigenvalue weighted by atomic mass is 10.2. The minimum Gasteiger partial charge on any atom is -0.370 e. The molecule has 100 valence electrons. The van der Waals surface area contributed by atoms with Gasteiger partial charge < -0.3 is 5.32 Å². The first-order chi connectivity index (χ1) is 9.28. The highest BCUT2D eigenvalue weighted by Gasteiger charge is 2.20. The molecule has 0 fully saturated rings. The summed E-state index contributed by atoms with van der Waals surface area (Å²) >= 11 is 7.53. The Morgan fingerprint density at radius 2 is 2.21 bits per heavy atom. The predicted molar refractivity (Wildman–Crippen MR) is 81.2 cm³/mol. The maximum atomic E-state index is 6.00. The van der Waals surface area contributed by atoms with Gasteiger partial charge in [0.25, 0.3) is 0 Å². The second-order valence-electron chi connectivity index (χ2n) is 4.71. The van der Waals surface area contributed by atoms with Crippen LogP contribution in [0, 0.1) is 0 Å². The van der Waals surface area contributed by atoms with Gasteiger partial charge in [-0.1, -0.05) is 18.5 Å². The summed E-state index contributed by atoms with van der Waals surface area (Å²) < 4.78 is 0.780. The van der Waals surface area contributed by atoms with Crippen LogP contribution < -0.4 is 5.32 Å². The van der Waals surface area contributed by atoms with E-state index in [9.17, 15) is 0 Å². The van der Waals surface area contributed by atoms with E-state index in [0.717, 1.165) is 46.7 Å². The molecule has 0 bridgehead atoms. The van der Waals surface area contributed by atoms with Gasteiger partial charge in [0.2, 0.25) is 0 Å². The van der Waals surface area contributed by atoms with Gasteiger partial charge in [0, 0.05) is 17.8 Å². The SMILES string of the molecule is CCCNc1nc(-c2ccc(Cl)s2)nc2c1CCC2. The molecule has 0 aliphatic heterocycles. The Kier molecular flexibility index (Phi) is 3.71. The molecule has 19 heavy (non-hydrogen) atoms. The number of hydrogen-bond donors (Lipinski definition) is 1. The molecular weight excluding hydrogens is 278 g/mol. The highest BCUT2D eigenvalue weighted by molar-refractivity contribution is 7.19. The number of anilines is 1. The molecule has 1 aliphatic carbocycles. The average Bonchev–Trinajstić information content (AvgIpc) is 3.03. The van der Waals surface area contributed by atoms with Gasteiger partial charge in [-0.3, -0.25) is 0 Å². The summed E-state index contributed by atoms with van der Waals surface area (Å²) in [6, 6.07) is 3.89. The fourth-order valence-electron chi connectivity index (χ4n) is 2.37. The fourth-order valence-corrected chi connectivity index (χ4v) is 3.34. The first kappa shape index (κ1) is 12.9. The minimum absolute atomic E-state index is 0.780. The topological polar surface area (TPSA) is 37.8 Å². The third-order valence-corrected chi connectivity index (χ3v) is 4.50. The number of nitrogens with one attached hydrogen (secondary N) is 1. The van der Waals surface area contributed by atoms with Crippen LogP contribution in [0.25, 0.3) is 10.7 Å². The van der Waals surface area contributed by atoms with Gasteiger partial charge in [-0.25, -0.2) is 9.97 Å². The van der Waals surface area contributed by atoms with Crippen molar-refractivity contribution in [1.82, 2.24) is 9.97 Å². The molecule has 0 unspecified atom stereocenters. The lowest BCUT2D eigenvalue weighted by molar-refractivity contribution is 0.899. The zero-order chi connectivity index (χ0) is 13.2. The molecule has 2 aromatic heterocycles. The van der Waals surface area contributed by atoms with Crippen molar-refractivity contribution in [3.05, 3.63) is 27.7 Å². The summed E-state index contributed by atoms with van der Waals surface area (Å²) in [6.07, 6.45) is 4.43. The maximum absolute atomic E-state index is 6.00. The third-order valence-electron chi connectivity index (χ3n) is 3.27. The van der Waals surface area contributed by atoms with Gasteiger partial charge in [0.05, 0.1) is 9.21 Å². The number of nitrogens with zero attached hydrogens (tertiary/aromatic N) is 2. The molecule has 0 saturated heterocycles. The van der Waals surface area contributed by atoms with Crippen LogP contribution in [0.15, 0.2) is 12.1 Å². The molecule has 0 amide bonds. The van der Waals surface area contributed by atoms with Crippen LogP contribution in [0.1, 0.15) is 31.0 Å². The van der Waals surface area contributed by atoms with Crippen molar-refractivity contribution in [2.24, 2.45) is 0 Å². The van der Waals surface area contributed by atoms with Crippen molar-refractivity contribution >= 4 is 28.8 Å². The molecular formula is C14H16ClN3S. The van der Waals surface area contributed by atoms with E-state index in [1.54, 1.807) is 0 Å². The summed E-state index contributed by atoms with van der Waals surface area (Å²) in [5.41, 5.74) is 2.51. The van der Waals surface area contributed by atoms with Crippen molar-refractivity contribution in [3.63, 3.8) is 0 Å². The second kappa shape index (κ2) is 5.47. The van der Waals surface area contributed by atoms with Crippen LogP contribution in [0.3, 0.4) is 0 Å². The number of rotatable bonds is 4. The molecule has 0 aromatic carbocycles. The van der Waals surface area contributed by atoms with E-state index in [-0.39, 0.29) is 0 Å². The highest BCUT2D eigenvalue weighted by Crippen LogP contribution is 2.33. The van der Waals surface area contributed by atoms with Crippen LogP contribution >= 0.6 is 22.9 Å². The molecule has 0 saturated carbocycles. The number of thiophene rings is 1. The van der Waals surface area contributed by atoms with Crippen molar-refractivity contribution < 1.29 is 0 Å². The summed E-state index contributed by atoms with van der Waals surface area (Å²) in [4.78, 5) is 10.4. The molecule has 1 N–H and O–H groups in total. The van der Waals surface area contributed by atoms with Crippen LogP contribution in [0.4, 0.5) is 5.82 Å². The molecule has 3 nitrogen and oxygen atoms in total. The number of hydrogen-bond acceptors (Lipinski definition) is 4. The quantitative estimate of drug-likeness (QED) is 0.919. The molecule has 0 spiro atoms. The minimum atomic E-state index is 0.780. The standard InChI is InChI=1S/C14H16ClN3S/c1-2-8-16-13-9-4-3-5-10(9)17-14(18-13)11-6-7-12(15)19-11/h6-7H,2-5,8H2,1H3,(H,16,17,18). The first-order valence-electron chi connectivity index (χ1n) is 6.67. The second-order valence-corrected chi connectivity index (χ2v) is 6.42. The lowest BCUT2D eigenvalue weighted by Crippen LogP contribution is -2.07. The molecule has 0 atom stereocenters. The van der Waals surface area contributed by atoms with Gasteiger partial charge in [0.15, 0.2) is 5.82 Å². The van der Waals surface area contributed by atoms with Gasteiger partial charge in [-0.05, 0) is 37.8 Å². The number of fused-ring (bicyclic) bond motifs is 1. The van der Waals surface area contributed by atoms with Gasteiger partial charge in [-0.2, -0.15) is 0 Å². The molecule has 2 heterocycles. The summed E-state index contributed by atoms with van der Waals surface area (Å²) in [6.45, 7) is 3.11. The summed E-state index contributed by atoms with van der Waals surface area (Å²) in [7, 11) is 0. The van der Waals surface area contributed by atoms with E-state index in [0.29, 0.717) is 0 Å². The fraction of sp³-hybridized carbons (Fsp3) is 0.429. The van der Waals surface area contributed by atoms with E-state index in [1.165, 1.54) is 29.0 Å². The molecule has 3 rings (SSSR count). The van der Waals surface area contributed by atoms with Crippen LogP contribution in [-0.4, -0.2) is 16.5 Å². The average molecular weight is 294 g/mol. The van der Waals surface area contributed by atoms with Crippen molar-refractivity contribution in [3.8, 4) is 10.7 Å². The van der Waals surface area contributed by atoms with Crippen molar-refractivity contribution in [2.45, 2.75) is 32.6 Å². The number of aryl methyl sites for hydroxylation is 1. The maximum Gasteiger partial charge on any atom is 0.171 e. The molecule has 1 aliphatic rings. The van der Waals surface area contributed by atoms with Gasteiger partial charge in [-0.15, -0.1) is 11.3 Å². The Labute approximate surface area is 122 Å². The van der Waals surface area contributed by atoms with Crippen molar-refractivity contribution in [2.75, 3.05) is 11.9 Å². The Hall–Kier alpha value is -1.13. The van der Waals surface area contributed by atoms with E-state index >= 15 is 0 Å². The van der Waals surface area contributed by atoms with E-state index < -0.39 is 0 Å². The Morgan fingerprint density at radius 1 is 1.32 bits per heavy atom. The van der Waals surface area contributed by atoms with E-state index in [2.05, 4.69) is 12.2 Å². The van der Waals surface area contributed by atoms with Gasteiger partial charge >= 0.3 is 0 Å². The van der Waals surface area contributed by atoms with E-state index in [1.807, 2.05) is 12.1 Å². The van der Waals surface area contributed by atoms with Crippen LogP contribution in [-0.2, 0) is 12.8 Å². The highest BCUT2D eigenvalue weighted by atomic mass is 35.5. The third kappa shape index (κ3) is 2.60. The zero-order valence-corrected chi connectivity index (χ0v) is 12.4. The monoisotopic (exact) mass is 293 g/mol. The van der Waals surface area contributed by atoms with Crippen LogP contribution in [0.5, 0.6) is 0 Å². The first-order valence-corrected chi connectivity index (χ1v) is 7.86. The molecule has 2 aromatic rings. The summed E-state index contributed by atoms with van der Waals surface area (Å²) in [5, 5.41) is 3.43. The number of aromatic nitrogens is 2. The Balaban J connectivity index is 2.02.